The van der Waals surface area contributed by atoms with Gasteiger partial charge in [-0.1, -0.05) is 36.4 Å². The number of nitrogens with one attached hydrogen (secondary N) is 1. The molecule has 32 heavy (non-hydrogen) atoms. The largest absolute Gasteiger partial charge is 0.435 e. The lowest BCUT2D eigenvalue weighted by molar-refractivity contribution is -0.0498. The molecule has 6 nitrogen and oxygen atoms in total. The van der Waals surface area contributed by atoms with Crippen molar-refractivity contribution < 1.29 is 18.3 Å². The van der Waals surface area contributed by atoms with E-state index in [0.29, 0.717) is 22.4 Å². The zero-order valence-corrected chi connectivity index (χ0v) is 16.7. The lowest BCUT2D eigenvalue weighted by Gasteiger charge is -2.05. The van der Waals surface area contributed by atoms with E-state index in [1.807, 2.05) is 36.4 Å². The maximum atomic E-state index is 12.4. The molecule has 0 aliphatic carbocycles. The molecule has 0 saturated heterocycles. The molecule has 0 fully saturated rings. The van der Waals surface area contributed by atoms with Gasteiger partial charge in [0.05, 0.1) is 11.9 Å². The molecule has 0 unspecified atom stereocenters. The molecule has 0 atom stereocenters. The van der Waals surface area contributed by atoms with Gasteiger partial charge >= 0.3 is 6.61 Å². The number of hydrazone groups is 1. The number of carbonyl (C=O) groups excluding carboxylic acids is 1. The standard InChI is InChI=1S/C24H18F2N4O2/c25-24(26)32-21-13-11-17(12-14-21)22-19(16-30(29-22)20-9-5-2-6-10-20)15-27-28-23(31)18-7-3-1-4-8-18/h1-16,24H,(H,28,31)/b27-15+. The van der Waals surface area contributed by atoms with Crippen LogP contribution in [-0.4, -0.2) is 28.5 Å². The van der Waals surface area contributed by atoms with Gasteiger partial charge in [-0.25, -0.2) is 10.1 Å². The number of halogens is 2. The molecule has 3 aromatic carbocycles. The topological polar surface area (TPSA) is 68.5 Å². The molecule has 1 heterocycles. The molecule has 0 radical (unpaired) electrons. The molecular weight excluding hydrogens is 414 g/mol. The number of amides is 1. The minimum absolute atomic E-state index is 0.0524. The number of ether oxygens (including phenoxy) is 1. The van der Waals surface area contributed by atoms with Crippen molar-refractivity contribution in [1.29, 1.82) is 0 Å². The summed E-state index contributed by atoms with van der Waals surface area (Å²) in [5.74, 6) is -0.288. The molecular formula is C24H18F2N4O2. The van der Waals surface area contributed by atoms with Gasteiger partial charge in [0.1, 0.15) is 11.4 Å². The maximum absolute atomic E-state index is 12.4. The minimum Gasteiger partial charge on any atom is -0.435 e. The maximum Gasteiger partial charge on any atom is 0.387 e. The van der Waals surface area contributed by atoms with E-state index < -0.39 is 6.61 Å². The lowest BCUT2D eigenvalue weighted by Crippen LogP contribution is -2.17. The van der Waals surface area contributed by atoms with Crippen LogP contribution in [0, 0.1) is 0 Å². The summed E-state index contributed by atoms with van der Waals surface area (Å²) in [6, 6.07) is 24.4. The highest BCUT2D eigenvalue weighted by Gasteiger charge is 2.12. The Morgan fingerprint density at radius 2 is 1.62 bits per heavy atom. The van der Waals surface area contributed by atoms with Gasteiger partial charge in [-0.2, -0.15) is 19.0 Å². The summed E-state index contributed by atoms with van der Waals surface area (Å²) in [4.78, 5) is 12.2. The number of aromatic nitrogens is 2. The normalized spacial score (nSPS) is 11.1. The van der Waals surface area contributed by atoms with E-state index in [4.69, 9.17) is 0 Å². The highest BCUT2D eigenvalue weighted by molar-refractivity contribution is 5.95. The van der Waals surface area contributed by atoms with Gasteiger partial charge in [-0.05, 0) is 48.5 Å². The average molecular weight is 432 g/mol. The summed E-state index contributed by atoms with van der Waals surface area (Å²) in [5, 5.41) is 8.69. The Bertz CT molecular complexity index is 1210. The first-order chi connectivity index (χ1) is 15.6. The smallest absolute Gasteiger partial charge is 0.387 e. The second-order valence-electron chi connectivity index (χ2n) is 6.68. The van der Waals surface area contributed by atoms with Crippen molar-refractivity contribution in [3.63, 3.8) is 0 Å². The van der Waals surface area contributed by atoms with Crippen LogP contribution in [0.3, 0.4) is 0 Å². The number of benzene rings is 3. The zero-order valence-electron chi connectivity index (χ0n) is 16.7. The van der Waals surface area contributed by atoms with Crippen LogP contribution in [0.2, 0.25) is 0 Å². The molecule has 0 saturated carbocycles. The molecule has 0 spiro atoms. The highest BCUT2D eigenvalue weighted by Crippen LogP contribution is 2.25. The fourth-order valence-electron chi connectivity index (χ4n) is 3.03. The highest BCUT2D eigenvalue weighted by atomic mass is 19.3. The van der Waals surface area contributed by atoms with Crippen LogP contribution >= 0.6 is 0 Å². The van der Waals surface area contributed by atoms with Crippen LogP contribution < -0.4 is 10.2 Å². The van der Waals surface area contributed by atoms with Gasteiger partial charge in [-0.3, -0.25) is 4.79 Å². The Kier molecular flexibility index (Phi) is 6.31. The van der Waals surface area contributed by atoms with Gasteiger partial charge in [0.25, 0.3) is 5.91 Å². The first-order valence-electron chi connectivity index (χ1n) is 9.69. The van der Waals surface area contributed by atoms with Crippen LogP contribution in [0.15, 0.2) is 96.2 Å². The summed E-state index contributed by atoms with van der Waals surface area (Å²) in [7, 11) is 0. The van der Waals surface area contributed by atoms with Crippen LogP contribution in [-0.2, 0) is 0 Å². The second-order valence-corrected chi connectivity index (χ2v) is 6.68. The van der Waals surface area contributed by atoms with Crippen molar-refractivity contribution in [3.05, 3.63) is 102 Å². The minimum atomic E-state index is -2.89. The van der Waals surface area contributed by atoms with E-state index in [9.17, 15) is 13.6 Å². The number of alkyl halides is 2. The summed E-state index contributed by atoms with van der Waals surface area (Å²) in [6.07, 6.45) is 3.26. The zero-order chi connectivity index (χ0) is 22.3. The molecule has 0 aliphatic heterocycles. The Labute approximate surface area is 182 Å². The van der Waals surface area contributed by atoms with Crippen LogP contribution in [0.4, 0.5) is 8.78 Å². The van der Waals surface area contributed by atoms with Crippen molar-refractivity contribution in [2.45, 2.75) is 6.61 Å². The molecule has 160 valence electrons. The van der Waals surface area contributed by atoms with Crippen molar-refractivity contribution >= 4 is 12.1 Å². The Morgan fingerprint density at radius 3 is 2.28 bits per heavy atom. The fourth-order valence-corrected chi connectivity index (χ4v) is 3.03. The van der Waals surface area contributed by atoms with E-state index in [2.05, 4.69) is 20.4 Å². The van der Waals surface area contributed by atoms with E-state index >= 15 is 0 Å². The molecule has 4 rings (SSSR count). The average Bonchev–Trinajstić information content (AvgIpc) is 3.24. The van der Waals surface area contributed by atoms with E-state index in [-0.39, 0.29) is 11.7 Å². The molecule has 0 aliphatic rings. The monoisotopic (exact) mass is 432 g/mol. The predicted molar refractivity (Wildman–Crippen MR) is 117 cm³/mol. The molecule has 0 bridgehead atoms. The molecule has 1 amide bonds. The third kappa shape index (κ3) is 5.04. The summed E-state index contributed by atoms with van der Waals surface area (Å²) >= 11 is 0. The number of hydrogen-bond donors (Lipinski definition) is 1. The van der Waals surface area contributed by atoms with E-state index in [1.54, 1.807) is 47.3 Å². The third-order valence-corrected chi connectivity index (χ3v) is 4.52. The summed E-state index contributed by atoms with van der Waals surface area (Å²) in [6.45, 7) is -2.89. The van der Waals surface area contributed by atoms with Crippen molar-refractivity contribution in [3.8, 4) is 22.7 Å². The van der Waals surface area contributed by atoms with Crippen LogP contribution in [0.5, 0.6) is 5.75 Å². The van der Waals surface area contributed by atoms with Crippen molar-refractivity contribution in [2.75, 3.05) is 0 Å². The fraction of sp³-hybridized carbons (Fsp3) is 0.0417. The molecule has 1 aromatic heterocycles. The quantitative estimate of drug-likeness (QED) is 0.333. The number of para-hydroxylation sites is 1. The number of hydrogen-bond acceptors (Lipinski definition) is 4. The lowest BCUT2D eigenvalue weighted by atomic mass is 10.1. The van der Waals surface area contributed by atoms with Crippen molar-refractivity contribution in [1.82, 2.24) is 15.2 Å². The summed E-state index contributed by atoms with van der Waals surface area (Å²) < 4.78 is 31.0. The van der Waals surface area contributed by atoms with E-state index in [0.717, 1.165) is 5.69 Å². The first-order valence-corrected chi connectivity index (χ1v) is 9.69. The molecule has 8 heteroatoms. The van der Waals surface area contributed by atoms with Crippen LogP contribution in [0.1, 0.15) is 15.9 Å². The Morgan fingerprint density at radius 1 is 0.969 bits per heavy atom. The second kappa shape index (κ2) is 9.65. The Hall–Kier alpha value is -4.33. The summed E-state index contributed by atoms with van der Waals surface area (Å²) in [5.41, 5.74) is 5.69. The first kappa shape index (κ1) is 20.9. The van der Waals surface area contributed by atoms with Gasteiger partial charge < -0.3 is 4.74 Å². The van der Waals surface area contributed by atoms with Gasteiger partial charge in [-0.15, -0.1) is 0 Å². The van der Waals surface area contributed by atoms with Gasteiger partial charge in [0.15, 0.2) is 0 Å². The van der Waals surface area contributed by atoms with E-state index in [1.165, 1.54) is 18.3 Å². The molecule has 4 aromatic rings. The number of carbonyl (C=O) groups is 1. The van der Waals surface area contributed by atoms with Crippen molar-refractivity contribution in [2.24, 2.45) is 5.10 Å². The molecule has 1 N–H and O–H groups in total. The number of rotatable bonds is 7. The third-order valence-electron chi connectivity index (χ3n) is 4.52. The van der Waals surface area contributed by atoms with Gasteiger partial charge in [0, 0.05) is 22.9 Å². The SMILES string of the molecule is O=C(N/N=C/c1cn(-c2ccccc2)nc1-c1ccc(OC(F)F)cc1)c1ccccc1. The predicted octanol–water partition coefficient (Wildman–Crippen LogP) is 4.90. The Balaban J connectivity index is 1.62. The number of nitrogens with zero attached hydrogens (tertiary/aromatic N) is 3. The van der Waals surface area contributed by atoms with Crippen LogP contribution in [0.25, 0.3) is 16.9 Å². The van der Waals surface area contributed by atoms with Gasteiger partial charge in [0.2, 0.25) is 0 Å².